The van der Waals surface area contributed by atoms with E-state index in [1.165, 1.54) is 17.0 Å². The molecular weight excluding hydrogens is 558 g/mol. The number of hydrogen-bond acceptors (Lipinski definition) is 8. The zero-order valence-electron chi connectivity index (χ0n) is 21.1. The second-order valence-corrected chi connectivity index (χ2v) is 9.75. The maximum Gasteiger partial charge on any atom is 0.423 e. The second kappa shape index (κ2) is 10.8. The molecule has 0 saturated heterocycles. The van der Waals surface area contributed by atoms with Crippen molar-refractivity contribution in [2.75, 3.05) is 11.1 Å². The van der Waals surface area contributed by atoms with Gasteiger partial charge in [-0.15, -0.1) is 0 Å². The van der Waals surface area contributed by atoms with Gasteiger partial charge < -0.3 is 11.1 Å². The summed E-state index contributed by atoms with van der Waals surface area (Å²) in [6.45, 7) is 0.178. The van der Waals surface area contributed by atoms with E-state index in [1.807, 2.05) is 0 Å². The Balaban J connectivity index is 1.36. The van der Waals surface area contributed by atoms with Crippen molar-refractivity contribution >= 4 is 22.4 Å². The number of nitrogens with zero attached hydrogens (tertiary/aromatic N) is 5. The summed E-state index contributed by atoms with van der Waals surface area (Å²) in [6, 6.07) is 1.77. The van der Waals surface area contributed by atoms with Gasteiger partial charge in [-0.2, -0.15) is 18.3 Å². The van der Waals surface area contributed by atoms with Crippen LogP contribution in [0.25, 0.3) is 22.3 Å². The molecule has 41 heavy (non-hydrogen) atoms. The van der Waals surface area contributed by atoms with Crippen LogP contribution in [-0.4, -0.2) is 35.8 Å². The summed E-state index contributed by atoms with van der Waals surface area (Å²) >= 11 is 0. The number of nitrogen functional groups attached to an aromatic ring is 1. The van der Waals surface area contributed by atoms with E-state index in [-0.39, 0.29) is 34.8 Å². The molecule has 0 unspecified atom stereocenters. The summed E-state index contributed by atoms with van der Waals surface area (Å²) < 4.78 is 82.5. The number of fused-ring (bicyclic) bond motifs is 1. The molecule has 0 radical (unpaired) electrons. The Kier molecular flexibility index (Phi) is 7.40. The number of halogens is 6. The van der Waals surface area contributed by atoms with Crippen LogP contribution in [0.15, 0.2) is 40.4 Å². The highest BCUT2D eigenvalue weighted by Gasteiger charge is 2.38. The van der Waals surface area contributed by atoms with E-state index in [0.29, 0.717) is 25.7 Å². The fraction of sp³-hybridized carbons (Fsp3) is 0.360. The minimum absolute atomic E-state index is 0.0409. The van der Waals surface area contributed by atoms with Crippen molar-refractivity contribution in [3.63, 3.8) is 0 Å². The van der Waals surface area contributed by atoms with Crippen LogP contribution in [-0.2, 0) is 12.7 Å². The van der Waals surface area contributed by atoms with E-state index in [0.717, 1.165) is 18.5 Å². The Labute approximate surface area is 226 Å². The molecule has 1 aromatic carbocycles. The number of nitrogens with two attached hydrogens (primary N) is 1. The lowest BCUT2D eigenvalue weighted by atomic mass is 9.85. The van der Waals surface area contributed by atoms with Crippen LogP contribution in [0.4, 0.5) is 37.8 Å². The third kappa shape index (κ3) is 5.71. The SMILES string of the molecule is Nc1nc(-c2cc3ncn(C[C@@H]4CCC[C@H](Nc5cn[nH]c(=O)c5C(F)(F)F)C4)c(=O)c3cc2F)ncc1C(F)F. The van der Waals surface area contributed by atoms with Crippen LogP contribution in [0.5, 0.6) is 0 Å². The monoisotopic (exact) mass is 580 g/mol. The standard InChI is InChI=1S/C25H22F6N8O2/c26-16-5-14-17(6-13(16)22-33-7-15(20(27)28)21(32)37-22)34-10-39(24(14)41)9-11-2-1-3-12(4-11)36-18-8-35-38-23(40)19(18)25(29,30)31/h5-8,10-12,20H,1-4,9H2,(H2,32,33,37)(H2,36,38,40)/t11-,12+/m1/s1. The molecule has 0 bridgehead atoms. The zero-order chi connectivity index (χ0) is 29.5. The van der Waals surface area contributed by atoms with E-state index in [9.17, 15) is 31.5 Å². The van der Waals surface area contributed by atoms with Crippen molar-refractivity contribution in [1.82, 2.24) is 29.7 Å². The van der Waals surface area contributed by atoms with E-state index < -0.39 is 58.2 Å². The van der Waals surface area contributed by atoms with Gasteiger partial charge in [0.05, 0.1) is 40.2 Å². The lowest BCUT2D eigenvalue weighted by Crippen LogP contribution is -2.34. The third-order valence-corrected chi connectivity index (χ3v) is 6.97. The molecule has 0 amide bonds. The van der Waals surface area contributed by atoms with Gasteiger partial charge in [0.1, 0.15) is 17.2 Å². The molecule has 0 spiro atoms. The van der Waals surface area contributed by atoms with Crippen LogP contribution in [0, 0.1) is 11.7 Å². The molecule has 5 rings (SSSR count). The third-order valence-electron chi connectivity index (χ3n) is 6.97. The van der Waals surface area contributed by atoms with E-state index in [4.69, 9.17) is 5.73 Å². The highest BCUT2D eigenvalue weighted by Crippen LogP contribution is 2.34. The van der Waals surface area contributed by atoms with Crippen molar-refractivity contribution in [3.8, 4) is 11.4 Å². The highest BCUT2D eigenvalue weighted by molar-refractivity contribution is 5.82. The Hall–Kier alpha value is -4.50. The molecule has 1 aliphatic carbocycles. The lowest BCUT2D eigenvalue weighted by Gasteiger charge is -2.31. The fourth-order valence-corrected chi connectivity index (χ4v) is 5.06. The van der Waals surface area contributed by atoms with Gasteiger partial charge >= 0.3 is 6.18 Å². The Morgan fingerprint density at radius 3 is 2.63 bits per heavy atom. The minimum atomic E-state index is -4.87. The number of benzene rings is 1. The molecule has 16 heteroatoms. The van der Waals surface area contributed by atoms with Gasteiger partial charge in [-0.3, -0.25) is 14.2 Å². The van der Waals surface area contributed by atoms with Gasteiger partial charge in [0.25, 0.3) is 17.5 Å². The van der Waals surface area contributed by atoms with E-state index >= 15 is 4.39 Å². The average Bonchev–Trinajstić information content (AvgIpc) is 2.89. The van der Waals surface area contributed by atoms with Gasteiger partial charge in [-0.05, 0) is 37.3 Å². The number of hydrogen-bond donors (Lipinski definition) is 3. The van der Waals surface area contributed by atoms with Crippen molar-refractivity contribution in [1.29, 1.82) is 0 Å². The highest BCUT2D eigenvalue weighted by atomic mass is 19.4. The summed E-state index contributed by atoms with van der Waals surface area (Å²) in [5, 5.41) is 8.01. The number of H-pyrrole nitrogens is 1. The molecule has 1 fully saturated rings. The Morgan fingerprint density at radius 1 is 1.15 bits per heavy atom. The first kappa shape index (κ1) is 28.0. The fourth-order valence-electron chi connectivity index (χ4n) is 5.06. The summed E-state index contributed by atoms with van der Waals surface area (Å²) in [6.07, 6.45) is -2.50. The van der Waals surface area contributed by atoms with Crippen molar-refractivity contribution in [2.45, 2.75) is 50.9 Å². The van der Waals surface area contributed by atoms with Crippen LogP contribution in [0.3, 0.4) is 0 Å². The molecule has 4 aromatic rings. The Morgan fingerprint density at radius 2 is 1.93 bits per heavy atom. The number of anilines is 2. The number of nitrogens with one attached hydrogen (secondary N) is 2. The normalized spacial score (nSPS) is 17.7. The number of aromatic amines is 1. The lowest BCUT2D eigenvalue weighted by molar-refractivity contribution is -0.138. The van der Waals surface area contributed by atoms with E-state index in [1.54, 1.807) is 5.10 Å². The quantitative estimate of drug-likeness (QED) is 0.287. The molecule has 0 aliphatic heterocycles. The van der Waals surface area contributed by atoms with Gasteiger partial charge in [0.15, 0.2) is 5.82 Å². The molecule has 3 aromatic heterocycles. The predicted octanol–water partition coefficient (Wildman–Crippen LogP) is 4.29. The average molecular weight is 580 g/mol. The number of rotatable bonds is 6. The van der Waals surface area contributed by atoms with Crippen LogP contribution < -0.4 is 22.2 Å². The Bertz CT molecular complexity index is 1720. The molecule has 4 N–H and O–H groups in total. The summed E-state index contributed by atoms with van der Waals surface area (Å²) in [7, 11) is 0. The largest absolute Gasteiger partial charge is 0.423 e. The molecule has 10 nitrogen and oxygen atoms in total. The van der Waals surface area contributed by atoms with Crippen LogP contribution in [0.2, 0.25) is 0 Å². The zero-order valence-corrected chi connectivity index (χ0v) is 21.1. The number of alkyl halides is 5. The first-order valence-corrected chi connectivity index (χ1v) is 12.4. The summed E-state index contributed by atoms with van der Waals surface area (Å²) in [4.78, 5) is 36.7. The number of aromatic nitrogens is 6. The summed E-state index contributed by atoms with van der Waals surface area (Å²) in [5.74, 6) is -1.76. The van der Waals surface area contributed by atoms with Gasteiger partial charge in [-0.25, -0.2) is 33.2 Å². The van der Waals surface area contributed by atoms with Crippen molar-refractivity contribution < 1.29 is 26.3 Å². The predicted molar refractivity (Wildman–Crippen MR) is 136 cm³/mol. The minimum Gasteiger partial charge on any atom is -0.383 e. The molecule has 216 valence electrons. The summed E-state index contributed by atoms with van der Waals surface area (Å²) in [5.41, 5.74) is 1.23. The van der Waals surface area contributed by atoms with Crippen molar-refractivity contribution in [2.24, 2.45) is 5.92 Å². The van der Waals surface area contributed by atoms with Crippen LogP contribution >= 0.6 is 0 Å². The topological polar surface area (TPSA) is 144 Å². The second-order valence-electron chi connectivity index (χ2n) is 9.75. The molecule has 2 atom stereocenters. The first-order valence-electron chi connectivity index (χ1n) is 12.4. The molecule has 1 saturated carbocycles. The molecule has 3 heterocycles. The van der Waals surface area contributed by atoms with Gasteiger partial charge in [0.2, 0.25) is 0 Å². The smallest absolute Gasteiger partial charge is 0.383 e. The maximum atomic E-state index is 15.0. The maximum absolute atomic E-state index is 15.0. The van der Waals surface area contributed by atoms with Crippen LogP contribution in [0.1, 0.15) is 43.2 Å². The molecule has 1 aliphatic rings. The van der Waals surface area contributed by atoms with Crippen molar-refractivity contribution in [3.05, 3.63) is 68.5 Å². The van der Waals surface area contributed by atoms with Gasteiger partial charge in [0, 0.05) is 18.8 Å². The van der Waals surface area contributed by atoms with E-state index in [2.05, 4.69) is 25.4 Å². The van der Waals surface area contributed by atoms with Gasteiger partial charge in [-0.1, -0.05) is 6.42 Å². The molecular formula is C25H22F6N8O2. The first-order chi connectivity index (χ1) is 19.4.